The average molecular weight is 1890 g/mol. The normalized spacial score (nSPS) is 14.2. The number of hydrogen-bond donors (Lipinski definition) is 1. The molecule has 8 aromatic carbocycles. The van der Waals surface area contributed by atoms with Crippen molar-refractivity contribution < 1.29 is 45.9 Å². The molecular weight excluding hydrogens is 1800 g/mol. The number of sulfone groups is 1. The summed E-state index contributed by atoms with van der Waals surface area (Å²) < 4.78 is 67.6. The lowest BCUT2D eigenvalue weighted by molar-refractivity contribution is -0.152. The molecular formula is C96H89Cl4F3N22O7S. The van der Waals surface area contributed by atoms with E-state index in [1.54, 1.807) is 36.0 Å². The molecule has 0 saturated carbocycles. The summed E-state index contributed by atoms with van der Waals surface area (Å²) in [4.78, 5) is 61.7. The zero-order valence-corrected chi connectivity index (χ0v) is 76.2. The van der Waals surface area contributed by atoms with Crippen molar-refractivity contribution in [1.82, 2.24) is 109 Å². The third-order valence-electron chi connectivity index (χ3n) is 22.9. The Balaban J connectivity index is 0.000000129. The van der Waals surface area contributed by atoms with Crippen molar-refractivity contribution in [2.75, 3.05) is 105 Å². The number of amides is 4. The van der Waals surface area contributed by atoms with Crippen molar-refractivity contribution in [2.24, 2.45) is 0 Å². The molecule has 0 spiro atoms. The van der Waals surface area contributed by atoms with Crippen LogP contribution in [-0.4, -0.2) is 263 Å². The van der Waals surface area contributed by atoms with Gasteiger partial charge in [0.1, 0.15) is 71.7 Å². The third-order valence-corrected chi connectivity index (χ3v) is 25.9. The molecule has 3 aliphatic rings. The van der Waals surface area contributed by atoms with Crippen LogP contribution in [0, 0.1) is 0 Å². The van der Waals surface area contributed by atoms with Crippen LogP contribution in [0.15, 0.2) is 243 Å². The molecule has 0 atom stereocenters. The fraction of sp³-hybridized carbons (Fsp3) is 0.250. The maximum Gasteiger partial charge on any atom is 0.401 e. The Morgan fingerprint density at radius 3 is 0.865 bits per heavy atom. The number of nitrogens with zero attached hydrogens (tertiary/aromatic N) is 22. The summed E-state index contributed by atoms with van der Waals surface area (Å²) in [6.07, 6.45) is -3.42. The molecule has 11 heterocycles. The van der Waals surface area contributed by atoms with E-state index in [-0.39, 0.29) is 107 Å². The monoisotopic (exact) mass is 1890 g/mol. The highest BCUT2D eigenvalue weighted by molar-refractivity contribution is 7.91. The van der Waals surface area contributed by atoms with Crippen molar-refractivity contribution in [2.45, 2.75) is 51.3 Å². The smallest absolute Gasteiger partial charge is 0.393 e. The predicted octanol–water partition coefficient (Wildman–Crippen LogP) is 15.2. The van der Waals surface area contributed by atoms with E-state index in [1.807, 2.05) is 262 Å². The van der Waals surface area contributed by atoms with Gasteiger partial charge in [0.15, 0.2) is 32.4 Å². The molecule has 3 fully saturated rings. The number of aliphatic hydroxyl groups excluding tert-OH is 1. The summed E-state index contributed by atoms with van der Waals surface area (Å²) in [5.41, 5.74) is 13.3. The van der Waals surface area contributed by atoms with Gasteiger partial charge in [-0.05, 0) is 26.9 Å². The summed E-state index contributed by atoms with van der Waals surface area (Å²) >= 11 is 27.4. The van der Waals surface area contributed by atoms with Crippen molar-refractivity contribution >= 4 is 124 Å². The quantitative estimate of drug-likeness (QED) is 0.0741. The Bertz CT molecular complexity index is 6940. The first-order valence-electron chi connectivity index (χ1n) is 42.8. The van der Waals surface area contributed by atoms with Gasteiger partial charge in [-0.3, -0.25) is 24.1 Å². The topological polar surface area (TPSA) is 316 Å². The van der Waals surface area contributed by atoms with E-state index in [9.17, 15) is 45.9 Å². The lowest BCUT2D eigenvalue weighted by atomic mass is 10.1. The van der Waals surface area contributed by atoms with Gasteiger partial charge in [-0.25, -0.2) is 27.1 Å². The van der Waals surface area contributed by atoms with E-state index in [4.69, 9.17) is 56.6 Å². The molecule has 19 rings (SSSR count). The van der Waals surface area contributed by atoms with Crippen LogP contribution in [-0.2, 0) is 55.2 Å². The number of piperidine rings is 1. The van der Waals surface area contributed by atoms with Gasteiger partial charge in [0.05, 0.1) is 65.8 Å². The zero-order valence-electron chi connectivity index (χ0n) is 72.4. The van der Waals surface area contributed by atoms with Crippen LogP contribution in [0.1, 0.15) is 12.8 Å². The van der Waals surface area contributed by atoms with Crippen LogP contribution in [0.25, 0.3) is 134 Å². The van der Waals surface area contributed by atoms with Crippen LogP contribution in [0.4, 0.5) is 13.2 Å². The van der Waals surface area contributed by atoms with Crippen LogP contribution in [0.5, 0.6) is 0 Å². The highest BCUT2D eigenvalue weighted by Gasteiger charge is 2.35. The number of aromatic nitrogens is 16. The fourth-order valence-electron chi connectivity index (χ4n) is 15.7. The molecule has 37 heteroatoms. The Labute approximate surface area is 782 Å². The molecule has 0 radical (unpaired) electrons. The Morgan fingerprint density at radius 1 is 0.353 bits per heavy atom. The van der Waals surface area contributed by atoms with E-state index in [0.29, 0.717) is 142 Å². The van der Waals surface area contributed by atoms with E-state index >= 15 is 0 Å². The van der Waals surface area contributed by atoms with E-state index in [0.717, 1.165) is 51.1 Å². The molecule has 0 aliphatic carbocycles. The second-order valence-corrected chi connectivity index (χ2v) is 36.0. The molecule has 133 heavy (non-hydrogen) atoms. The molecule has 3 saturated heterocycles. The van der Waals surface area contributed by atoms with Crippen molar-refractivity contribution in [3.63, 3.8) is 0 Å². The maximum absolute atomic E-state index is 13.1. The lowest BCUT2D eigenvalue weighted by Crippen LogP contribution is -2.51. The SMILES string of the molecule is CN(C)CCN(C)C(=O)Cn1nc(-c2ccccc2)c2c(Cl)c(-c3ccccc3)nnc21.O=C(Cn1nc(-c2ccccc2)c2c(Cl)c(-c3ccccc3)nnc21)N1CCC(O)CC1.O=C(Cn1nc(-c2ccccc2)c2c(Cl)c(-c3ccccc3)nnc21)N1CCN(CC(F)(F)F)CC1.O=C(Cn1nc(-c2ccccc2)c2c(Cl)c(-c3ccccc3)nnc21)N1CCS(=O)(=O)CC1. The van der Waals surface area contributed by atoms with Gasteiger partial charge in [0.25, 0.3) is 0 Å². The highest BCUT2D eigenvalue weighted by atomic mass is 35.5. The molecule has 1 N–H and O–H groups in total. The number of benzene rings is 8. The molecule has 29 nitrogen and oxygen atoms in total. The van der Waals surface area contributed by atoms with Gasteiger partial charge in [-0.15, -0.1) is 40.8 Å². The van der Waals surface area contributed by atoms with E-state index in [1.165, 1.54) is 14.3 Å². The first kappa shape index (κ1) is 92.9. The predicted molar refractivity (Wildman–Crippen MR) is 507 cm³/mol. The molecule has 8 aromatic heterocycles. The van der Waals surface area contributed by atoms with Gasteiger partial charge in [-0.2, -0.15) is 33.6 Å². The number of carbonyl (C=O) groups excluding carboxylic acids is 4. The average Bonchev–Trinajstić information content (AvgIpc) is 1.63. The molecule has 4 amide bonds. The van der Waals surface area contributed by atoms with E-state index < -0.39 is 22.6 Å². The van der Waals surface area contributed by atoms with Gasteiger partial charge in [0, 0.05) is 117 Å². The lowest BCUT2D eigenvalue weighted by Gasteiger charge is -2.35. The van der Waals surface area contributed by atoms with Crippen LogP contribution < -0.4 is 0 Å². The van der Waals surface area contributed by atoms with Gasteiger partial charge in [-0.1, -0.05) is 289 Å². The van der Waals surface area contributed by atoms with Gasteiger partial charge < -0.3 is 29.6 Å². The number of halogens is 7. The number of rotatable bonds is 20. The fourth-order valence-corrected chi connectivity index (χ4v) is 18.2. The van der Waals surface area contributed by atoms with Crippen molar-refractivity contribution in [3.8, 4) is 90.1 Å². The second kappa shape index (κ2) is 41.6. The maximum atomic E-state index is 13.1. The van der Waals surface area contributed by atoms with Crippen molar-refractivity contribution in [1.29, 1.82) is 0 Å². The summed E-state index contributed by atoms with van der Waals surface area (Å²) in [5, 5.41) is 67.9. The van der Waals surface area contributed by atoms with Crippen LogP contribution >= 0.6 is 46.4 Å². The standard InChI is InChI=1S/C25H22ClF3N6O.C24H25ClN6O.C24H22ClN5O2.C23H20ClN5O3S/c26-21-20-22(17-7-3-1-4-8-17)32-35(24(20)31-30-23(21)18-9-5-2-6-10-18)15-19(36)34-13-11-33(12-14-34)16-25(27,28)29;1-29(2)14-15-30(3)19(32)16-31-24-20(22(28-31)17-10-6-4-7-11-17)21(25)23(26-27-24)18-12-8-5-9-13-18;25-21-20-22(16-7-3-1-4-8-16)28-30(15-19(32)29-13-11-18(31)12-14-29)24(20)27-26-23(21)17-9-5-2-6-10-17;24-20-19-21(16-7-3-1-4-8-16)27-29(15-18(30)28-11-13-33(31,32)14-12-28)23(19)26-25-22(20)17-9-5-2-6-10-17/h1-10H,11-16H2;4-13H,14-16H2,1-3H3;1-10,18,31H,11-15H2;1-10H,11-15H2. The minimum absolute atomic E-state index is 0.0278. The zero-order chi connectivity index (χ0) is 93.0. The number of aliphatic hydroxyl groups is 1. The molecule has 0 bridgehead atoms. The molecule has 0 unspecified atom stereocenters. The Hall–Kier alpha value is -13.4. The number of piperazine rings is 1. The first-order chi connectivity index (χ1) is 64.3. The van der Waals surface area contributed by atoms with Gasteiger partial charge in [0.2, 0.25) is 23.6 Å². The minimum atomic E-state index is -4.26. The Morgan fingerprint density at radius 2 is 0.602 bits per heavy atom. The largest absolute Gasteiger partial charge is 0.401 e. The van der Waals surface area contributed by atoms with Crippen LogP contribution in [0.2, 0.25) is 20.1 Å². The second-order valence-electron chi connectivity index (χ2n) is 32.2. The number of carbonyl (C=O) groups is 4. The van der Waals surface area contributed by atoms with Gasteiger partial charge >= 0.3 is 6.18 Å². The third kappa shape index (κ3) is 21.7. The molecule has 680 valence electrons. The number of alkyl halides is 3. The Kier molecular flexibility index (Phi) is 29.0. The summed E-state index contributed by atoms with van der Waals surface area (Å²) in [7, 11) is 2.67. The number of hydrogen-bond acceptors (Lipinski definition) is 21. The summed E-state index contributed by atoms with van der Waals surface area (Å²) in [6.45, 7) is 2.49. The molecule has 3 aliphatic heterocycles. The number of likely N-dealkylation sites (N-methyl/N-ethyl adjacent to an activating group) is 2. The first-order valence-corrected chi connectivity index (χ1v) is 46.2. The summed E-state index contributed by atoms with van der Waals surface area (Å²) in [5.74, 6) is -0.651. The number of fused-ring (bicyclic) bond motifs is 4. The highest BCUT2D eigenvalue weighted by Crippen LogP contribution is 2.43. The van der Waals surface area contributed by atoms with E-state index in [2.05, 4.69) is 51.0 Å². The minimum Gasteiger partial charge on any atom is -0.393 e. The summed E-state index contributed by atoms with van der Waals surface area (Å²) in [6, 6.07) is 76.8. The van der Waals surface area contributed by atoms with Crippen molar-refractivity contribution in [3.05, 3.63) is 263 Å². The molecule has 16 aromatic rings. The number of likely N-dealkylation sites (tertiary alicyclic amines) is 1. The van der Waals surface area contributed by atoms with Crippen LogP contribution in [0.3, 0.4) is 0 Å².